The molecule has 1 N–H and O–H groups in total. The molecule has 1 atom stereocenters. The Morgan fingerprint density at radius 2 is 1.91 bits per heavy atom. The molecule has 5 rings (SSSR count). The van der Waals surface area contributed by atoms with Crippen molar-refractivity contribution in [2.24, 2.45) is 7.05 Å². The third-order valence-electron chi connectivity index (χ3n) is 5.66. The number of hydrogen-bond acceptors (Lipinski definition) is 5. The van der Waals surface area contributed by atoms with Crippen molar-refractivity contribution in [3.8, 4) is 17.0 Å². The minimum absolute atomic E-state index is 0.497. The molecule has 3 aromatic heterocycles. The maximum absolute atomic E-state index is 12.2. The molecule has 3 heterocycles. The zero-order chi connectivity index (χ0) is 23.2. The lowest BCUT2D eigenvalue weighted by molar-refractivity contribution is 0.121. The normalized spacial score (nSPS) is 13.2. The highest BCUT2D eigenvalue weighted by atomic mass is 35.5. The van der Waals surface area contributed by atoms with E-state index in [0.29, 0.717) is 31.4 Å². The van der Waals surface area contributed by atoms with Gasteiger partial charge in [-0.05, 0) is 53.1 Å². The number of imidazole rings is 1. The Morgan fingerprint density at radius 3 is 2.58 bits per heavy atom. The van der Waals surface area contributed by atoms with Gasteiger partial charge in [0.05, 0.1) is 35.2 Å². The van der Waals surface area contributed by atoms with Gasteiger partial charge < -0.3 is 14.4 Å². The van der Waals surface area contributed by atoms with Gasteiger partial charge in [-0.25, -0.2) is 9.97 Å². The predicted molar refractivity (Wildman–Crippen MR) is 133 cm³/mol. The van der Waals surface area contributed by atoms with E-state index in [1.54, 1.807) is 25.7 Å². The van der Waals surface area contributed by atoms with Crippen LogP contribution < -0.4 is 4.74 Å². The van der Waals surface area contributed by atoms with Crippen LogP contribution in [0.3, 0.4) is 0 Å². The molecule has 166 valence electrons. The topological polar surface area (TPSA) is 60.2 Å². The minimum Gasteiger partial charge on any atom is -0.481 e. The first-order valence-corrected chi connectivity index (χ1v) is 11.7. The van der Waals surface area contributed by atoms with Gasteiger partial charge in [0.15, 0.2) is 5.60 Å². The van der Waals surface area contributed by atoms with Gasteiger partial charge in [0, 0.05) is 28.4 Å². The zero-order valence-electron chi connectivity index (χ0n) is 17.8. The average molecular weight is 496 g/mol. The van der Waals surface area contributed by atoms with Gasteiger partial charge >= 0.3 is 0 Å². The van der Waals surface area contributed by atoms with Gasteiger partial charge in [-0.1, -0.05) is 41.4 Å². The monoisotopic (exact) mass is 495 g/mol. The van der Waals surface area contributed by atoms with Crippen LogP contribution in [0.4, 0.5) is 0 Å². The minimum atomic E-state index is -1.46. The van der Waals surface area contributed by atoms with Gasteiger partial charge in [-0.2, -0.15) is 0 Å². The number of aromatic nitrogens is 3. The molecule has 0 fully saturated rings. The molecule has 2 aromatic carbocycles. The molecule has 33 heavy (non-hydrogen) atoms. The molecule has 0 radical (unpaired) electrons. The molecule has 0 bridgehead atoms. The van der Waals surface area contributed by atoms with Crippen LogP contribution >= 0.6 is 34.5 Å². The summed E-state index contributed by atoms with van der Waals surface area (Å²) in [6, 6.07) is 18.8. The SMILES string of the molecule is COc1cc(-c2cccc(Cl)c2)c2cc(C(O)(c3ccc(Cl)s3)c3cncn3C)ccc2n1. The fourth-order valence-electron chi connectivity index (χ4n) is 4.06. The van der Waals surface area contributed by atoms with Crippen LogP contribution in [0, 0.1) is 0 Å². The highest BCUT2D eigenvalue weighted by molar-refractivity contribution is 7.16. The van der Waals surface area contributed by atoms with Crippen molar-refractivity contribution < 1.29 is 9.84 Å². The summed E-state index contributed by atoms with van der Waals surface area (Å²) in [6.45, 7) is 0. The second kappa shape index (κ2) is 8.47. The van der Waals surface area contributed by atoms with E-state index in [2.05, 4.69) is 9.97 Å². The largest absolute Gasteiger partial charge is 0.481 e. The number of benzene rings is 2. The van der Waals surface area contributed by atoms with Crippen LogP contribution in [-0.4, -0.2) is 26.8 Å². The number of aliphatic hydroxyl groups is 1. The van der Waals surface area contributed by atoms with Crippen molar-refractivity contribution in [3.05, 3.63) is 98.7 Å². The first-order chi connectivity index (χ1) is 15.9. The maximum Gasteiger partial charge on any atom is 0.214 e. The van der Waals surface area contributed by atoms with Crippen molar-refractivity contribution in [2.45, 2.75) is 5.60 Å². The van der Waals surface area contributed by atoms with Crippen molar-refractivity contribution in [1.82, 2.24) is 14.5 Å². The molecule has 0 saturated heterocycles. The van der Waals surface area contributed by atoms with Crippen molar-refractivity contribution in [1.29, 1.82) is 0 Å². The van der Waals surface area contributed by atoms with E-state index in [1.165, 1.54) is 11.3 Å². The highest BCUT2D eigenvalue weighted by Gasteiger charge is 2.38. The number of fused-ring (bicyclic) bond motifs is 1. The van der Waals surface area contributed by atoms with Crippen LogP contribution in [0.2, 0.25) is 9.36 Å². The molecule has 0 amide bonds. The number of pyridine rings is 1. The molecule has 8 heteroatoms. The number of rotatable bonds is 5. The highest BCUT2D eigenvalue weighted by Crippen LogP contribution is 2.43. The Hall–Kier alpha value is -2.90. The Kier molecular flexibility index (Phi) is 5.62. The quantitative estimate of drug-likeness (QED) is 0.311. The van der Waals surface area contributed by atoms with Crippen LogP contribution in [0.1, 0.15) is 16.1 Å². The molecule has 0 saturated carbocycles. The third kappa shape index (κ3) is 3.79. The van der Waals surface area contributed by atoms with Crippen molar-refractivity contribution in [3.63, 3.8) is 0 Å². The Balaban J connectivity index is 1.80. The second-order valence-corrected chi connectivity index (χ2v) is 9.81. The summed E-state index contributed by atoms with van der Waals surface area (Å²) in [6.07, 6.45) is 3.34. The maximum atomic E-state index is 12.2. The second-order valence-electron chi connectivity index (χ2n) is 7.66. The number of ether oxygens (including phenoxy) is 1. The number of aryl methyl sites for hydroxylation is 1. The van der Waals surface area contributed by atoms with E-state index in [9.17, 15) is 5.11 Å². The average Bonchev–Trinajstić information content (AvgIpc) is 3.46. The fourth-order valence-corrected chi connectivity index (χ4v) is 5.41. The molecular weight excluding hydrogens is 477 g/mol. The number of nitrogens with zero attached hydrogens (tertiary/aromatic N) is 3. The van der Waals surface area contributed by atoms with E-state index < -0.39 is 5.60 Å². The third-order valence-corrected chi connectivity index (χ3v) is 7.24. The molecular formula is C25H19Cl2N3O2S. The van der Waals surface area contributed by atoms with Crippen LogP contribution in [-0.2, 0) is 12.6 Å². The standard InChI is InChI=1S/C25H19Cl2N3O2S/c1-30-14-28-13-21(30)25(31,22-8-9-23(27)33-22)16-6-7-20-19(11-16)18(12-24(29-20)32-2)15-4-3-5-17(26)10-15/h3-14,31H,1-2H3. The smallest absolute Gasteiger partial charge is 0.214 e. The molecule has 5 aromatic rings. The van der Waals surface area contributed by atoms with Crippen molar-refractivity contribution in [2.75, 3.05) is 7.11 Å². The summed E-state index contributed by atoms with van der Waals surface area (Å²) in [7, 11) is 3.44. The van der Waals surface area contributed by atoms with Crippen LogP contribution in [0.5, 0.6) is 5.88 Å². The van der Waals surface area contributed by atoms with Gasteiger partial charge in [0.1, 0.15) is 0 Å². The number of methoxy groups -OCH3 is 1. The first kappa shape index (κ1) is 21.9. The summed E-state index contributed by atoms with van der Waals surface area (Å²) in [4.78, 5) is 9.54. The zero-order valence-corrected chi connectivity index (χ0v) is 20.1. The number of hydrogen-bond donors (Lipinski definition) is 1. The summed E-state index contributed by atoms with van der Waals surface area (Å²) in [5.74, 6) is 0.497. The Labute approximate surface area is 204 Å². The summed E-state index contributed by atoms with van der Waals surface area (Å²) in [5, 5.41) is 13.7. The summed E-state index contributed by atoms with van der Waals surface area (Å²) in [5.41, 5.74) is 2.41. The van der Waals surface area contributed by atoms with E-state index in [-0.39, 0.29) is 0 Å². The van der Waals surface area contributed by atoms with Gasteiger partial charge in [-0.3, -0.25) is 0 Å². The fraction of sp³-hybridized carbons (Fsp3) is 0.120. The lowest BCUT2D eigenvalue weighted by Crippen LogP contribution is -2.30. The Morgan fingerprint density at radius 1 is 1.06 bits per heavy atom. The van der Waals surface area contributed by atoms with Gasteiger partial charge in [-0.15, -0.1) is 11.3 Å². The molecule has 0 aliphatic rings. The van der Waals surface area contributed by atoms with Crippen LogP contribution in [0.15, 0.2) is 73.2 Å². The van der Waals surface area contributed by atoms with E-state index in [1.807, 2.05) is 66.2 Å². The van der Waals surface area contributed by atoms with E-state index >= 15 is 0 Å². The summed E-state index contributed by atoms with van der Waals surface area (Å²) >= 11 is 13.9. The lowest BCUT2D eigenvalue weighted by atomic mass is 9.87. The Bertz CT molecular complexity index is 1480. The van der Waals surface area contributed by atoms with Gasteiger partial charge in [0.2, 0.25) is 5.88 Å². The molecule has 0 spiro atoms. The number of thiophene rings is 1. The first-order valence-electron chi connectivity index (χ1n) is 10.1. The van der Waals surface area contributed by atoms with Crippen molar-refractivity contribution >= 4 is 45.4 Å². The lowest BCUT2D eigenvalue weighted by Gasteiger charge is -2.28. The summed E-state index contributed by atoms with van der Waals surface area (Å²) < 4.78 is 7.84. The number of halogens is 2. The van der Waals surface area contributed by atoms with Crippen LogP contribution in [0.25, 0.3) is 22.0 Å². The molecule has 0 aliphatic carbocycles. The van der Waals surface area contributed by atoms with E-state index in [4.69, 9.17) is 27.9 Å². The molecule has 0 aliphatic heterocycles. The van der Waals surface area contributed by atoms with E-state index in [0.717, 1.165) is 22.0 Å². The predicted octanol–water partition coefficient (Wildman–Crippen LogP) is 6.30. The molecule has 5 nitrogen and oxygen atoms in total. The van der Waals surface area contributed by atoms with Gasteiger partial charge in [0.25, 0.3) is 0 Å². The molecule has 1 unspecified atom stereocenters.